The van der Waals surface area contributed by atoms with Crippen LogP contribution in [0.4, 0.5) is 0 Å². The monoisotopic (exact) mass is 257 g/mol. The van der Waals surface area contributed by atoms with Gasteiger partial charge in [0.25, 0.3) is 0 Å². The van der Waals surface area contributed by atoms with Crippen LogP contribution in [0.25, 0.3) is 0 Å². The van der Waals surface area contributed by atoms with Gasteiger partial charge in [0.2, 0.25) is 0 Å². The molecule has 18 heavy (non-hydrogen) atoms. The van der Waals surface area contributed by atoms with Crippen LogP contribution in [0.5, 0.6) is 0 Å². The van der Waals surface area contributed by atoms with Crippen molar-refractivity contribution in [2.24, 2.45) is 0 Å². The molecule has 0 atom stereocenters. The van der Waals surface area contributed by atoms with Crippen LogP contribution in [0.2, 0.25) is 0 Å². The summed E-state index contributed by atoms with van der Waals surface area (Å²) in [6, 6.07) is 9.11. The highest BCUT2D eigenvalue weighted by Crippen LogP contribution is 2.16. The fourth-order valence-electron chi connectivity index (χ4n) is 1.28. The molecule has 2 aromatic heterocycles. The Bertz CT molecular complexity index is 593. The maximum absolute atomic E-state index is 11.5. The van der Waals surface area contributed by atoms with Gasteiger partial charge in [-0.1, -0.05) is 6.07 Å². The van der Waals surface area contributed by atoms with Crippen molar-refractivity contribution in [3.05, 3.63) is 52.0 Å². The third kappa shape index (κ3) is 3.19. The topological polar surface area (TPSA) is 39.2 Å². The number of ether oxygens (including phenoxy) is 1. The first-order valence-corrected chi connectivity index (χ1v) is 6.31. The molecule has 0 radical (unpaired) electrons. The number of hydrogen-bond acceptors (Lipinski definition) is 4. The highest BCUT2D eigenvalue weighted by atomic mass is 32.1. The molecule has 0 bridgehead atoms. The average Bonchev–Trinajstić information content (AvgIpc) is 2.87. The Morgan fingerprint density at radius 1 is 1.33 bits per heavy atom. The van der Waals surface area contributed by atoms with Crippen molar-refractivity contribution in [2.75, 3.05) is 6.61 Å². The molecule has 0 spiro atoms. The van der Waals surface area contributed by atoms with Crippen molar-refractivity contribution < 1.29 is 9.53 Å². The van der Waals surface area contributed by atoms with Crippen molar-refractivity contribution in [1.82, 2.24) is 4.98 Å². The molecule has 0 saturated heterocycles. The van der Waals surface area contributed by atoms with Crippen molar-refractivity contribution in [3.63, 3.8) is 0 Å². The molecule has 0 unspecified atom stereocenters. The highest BCUT2D eigenvalue weighted by molar-refractivity contribution is 7.14. The highest BCUT2D eigenvalue weighted by Gasteiger charge is 2.08. The summed E-state index contributed by atoms with van der Waals surface area (Å²) in [5, 5.41) is 0. The molecule has 2 heterocycles. The predicted molar refractivity (Wildman–Crippen MR) is 70.5 cm³/mol. The van der Waals surface area contributed by atoms with Gasteiger partial charge in [0.1, 0.15) is 10.6 Å². The number of aromatic nitrogens is 1. The molecule has 90 valence electrons. The first-order chi connectivity index (χ1) is 8.79. The molecule has 0 aliphatic heterocycles. The van der Waals surface area contributed by atoms with E-state index in [0.29, 0.717) is 17.2 Å². The minimum Gasteiger partial charge on any atom is -0.462 e. The second kappa shape index (κ2) is 5.99. The molecule has 0 amide bonds. The van der Waals surface area contributed by atoms with Crippen molar-refractivity contribution in [1.29, 1.82) is 0 Å². The zero-order valence-corrected chi connectivity index (χ0v) is 10.7. The molecule has 0 aliphatic carbocycles. The Morgan fingerprint density at radius 3 is 2.94 bits per heavy atom. The third-order valence-electron chi connectivity index (χ3n) is 2.06. The van der Waals surface area contributed by atoms with E-state index in [9.17, 15) is 4.79 Å². The number of hydrogen-bond donors (Lipinski definition) is 0. The van der Waals surface area contributed by atoms with Gasteiger partial charge in [0.15, 0.2) is 0 Å². The average molecular weight is 257 g/mol. The van der Waals surface area contributed by atoms with Crippen LogP contribution in [-0.4, -0.2) is 17.6 Å². The number of thiophene rings is 1. The van der Waals surface area contributed by atoms with E-state index in [-0.39, 0.29) is 5.97 Å². The number of carbonyl (C=O) groups excluding carboxylic acids is 1. The normalized spacial score (nSPS) is 9.39. The standard InChI is InChI=1S/C14H11NO2S/c1-2-17-14(16)13-9-8-12(18-13)7-6-11-5-3-4-10-15-11/h3-5,8-10H,2H2,1H3. The fourth-order valence-corrected chi connectivity index (χ4v) is 2.03. The lowest BCUT2D eigenvalue weighted by Crippen LogP contribution is -2.01. The van der Waals surface area contributed by atoms with Crippen LogP contribution in [-0.2, 0) is 4.74 Å². The Labute approximate surface area is 109 Å². The van der Waals surface area contributed by atoms with Gasteiger partial charge < -0.3 is 4.74 Å². The van der Waals surface area contributed by atoms with Gasteiger partial charge >= 0.3 is 5.97 Å². The van der Waals surface area contributed by atoms with E-state index in [2.05, 4.69) is 16.8 Å². The molecule has 4 heteroatoms. The summed E-state index contributed by atoms with van der Waals surface area (Å²) in [5.41, 5.74) is 0.712. The van der Waals surface area contributed by atoms with Gasteiger partial charge in [-0.25, -0.2) is 9.78 Å². The molecule has 0 aliphatic rings. The predicted octanol–water partition coefficient (Wildman–Crippen LogP) is 2.72. The smallest absolute Gasteiger partial charge is 0.348 e. The van der Waals surface area contributed by atoms with E-state index >= 15 is 0 Å². The van der Waals surface area contributed by atoms with E-state index in [1.54, 1.807) is 19.2 Å². The zero-order chi connectivity index (χ0) is 12.8. The van der Waals surface area contributed by atoms with Gasteiger partial charge in [0.05, 0.1) is 11.5 Å². The van der Waals surface area contributed by atoms with E-state index < -0.39 is 0 Å². The first kappa shape index (κ1) is 12.3. The summed E-state index contributed by atoms with van der Waals surface area (Å²) in [7, 11) is 0. The Morgan fingerprint density at radius 2 is 2.22 bits per heavy atom. The lowest BCUT2D eigenvalue weighted by molar-refractivity contribution is 0.0532. The first-order valence-electron chi connectivity index (χ1n) is 5.49. The number of carbonyl (C=O) groups is 1. The molecule has 2 aromatic rings. The number of rotatable bonds is 2. The van der Waals surface area contributed by atoms with Crippen LogP contribution < -0.4 is 0 Å². The van der Waals surface area contributed by atoms with Crippen LogP contribution >= 0.6 is 11.3 Å². The maximum atomic E-state index is 11.5. The zero-order valence-electron chi connectivity index (χ0n) is 9.84. The number of nitrogens with zero attached hydrogens (tertiary/aromatic N) is 1. The Hall–Kier alpha value is -2.12. The van der Waals surface area contributed by atoms with Crippen LogP contribution in [0.3, 0.4) is 0 Å². The summed E-state index contributed by atoms with van der Waals surface area (Å²) in [6.07, 6.45) is 1.70. The molecule has 0 N–H and O–H groups in total. The Balaban J connectivity index is 2.12. The van der Waals surface area contributed by atoms with Crippen LogP contribution in [0.15, 0.2) is 36.5 Å². The van der Waals surface area contributed by atoms with Crippen LogP contribution in [0.1, 0.15) is 27.2 Å². The fraction of sp³-hybridized carbons (Fsp3) is 0.143. The molecular formula is C14H11NO2S. The maximum Gasteiger partial charge on any atom is 0.348 e. The van der Waals surface area contributed by atoms with Gasteiger partial charge in [-0.3, -0.25) is 0 Å². The minimum atomic E-state index is -0.298. The molecule has 2 rings (SSSR count). The van der Waals surface area contributed by atoms with E-state index in [1.165, 1.54) is 11.3 Å². The largest absolute Gasteiger partial charge is 0.462 e. The van der Waals surface area contributed by atoms with Gasteiger partial charge in [-0.05, 0) is 43.0 Å². The summed E-state index contributed by atoms with van der Waals surface area (Å²) in [6.45, 7) is 2.17. The third-order valence-corrected chi connectivity index (χ3v) is 3.04. The molecule has 0 saturated carbocycles. The number of pyridine rings is 1. The van der Waals surface area contributed by atoms with Gasteiger partial charge in [-0.15, -0.1) is 11.3 Å². The summed E-state index contributed by atoms with van der Waals surface area (Å²) >= 11 is 1.32. The molecule has 0 fully saturated rings. The summed E-state index contributed by atoms with van der Waals surface area (Å²) in [5.74, 6) is 5.62. The summed E-state index contributed by atoms with van der Waals surface area (Å²) < 4.78 is 4.91. The second-order valence-corrected chi connectivity index (χ2v) is 4.43. The lowest BCUT2D eigenvalue weighted by Gasteiger charge is -1.95. The summed E-state index contributed by atoms with van der Waals surface area (Å²) in [4.78, 5) is 17.0. The minimum absolute atomic E-state index is 0.298. The molecular weight excluding hydrogens is 246 g/mol. The second-order valence-electron chi connectivity index (χ2n) is 3.35. The number of esters is 1. The van der Waals surface area contributed by atoms with Crippen molar-refractivity contribution >= 4 is 17.3 Å². The van der Waals surface area contributed by atoms with Crippen molar-refractivity contribution in [3.8, 4) is 11.8 Å². The van der Waals surface area contributed by atoms with Gasteiger partial charge in [0, 0.05) is 6.20 Å². The van der Waals surface area contributed by atoms with E-state index in [0.717, 1.165) is 4.88 Å². The van der Waals surface area contributed by atoms with Crippen molar-refractivity contribution in [2.45, 2.75) is 6.92 Å². The van der Waals surface area contributed by atoms with E-state index in [1.807, 2.05) is 24.3 Å². The van der Waals surface area contributed by atoms with Crippen LogP contribution in [0, 0.1) is 11.8 Å². The molecule has 0 aromatic carbocycles. The Kier molecular flexibility index (Phi) is 4.11. The lowest BCUT2D eigenvalue weighted by atomic mass is 10.3. The van der Waals surface area contributed by atoms with Gasteiger partial charge in [-0.2, -0.15) is 0 Å². The van der Waals surface area contributed by atoms with E-state index in [4.69, 9.17) is 4.74 Å². The molecule has 3 nitrogen and oxygen atoms in total. The quantitative estimate of drug-likeness (QED) is 0.613. The SMILES string of the molecule is CCOC(=O)c1ccc(C#Cc2ccccn2)s1.